The number of esters is 1. The number of aromatic nitrogens is 2. The van der Waals surface area contributed by atoms with Gasteiger partial charge in [0, 0.05) is 28.4 Å². The molecule has 1 aromatic heterocycles. The molecule has 2 fully saturated rings. The number of hydrogen-bond acceptors (Lipinski definition) is 6. The molecule has 0 spiro atoms. The molecule has 4 rings (SSSR count). The Morgan fingerprint density at radius 3 is 2.80 bits per heavy atom. The summed E-state index contributed by atoms with van der Waals surface area (Å²) in [6, 6.07) is 5.55. The number of rotatable bonds is 7. The summed E-state index contributed by atoms with van der Waals surface area (Å²) in [5.74, 6) is 0.0597. The summed E-state index contributed by atoms with van der Waals surface area (Å²) in [5, 5.41) is 15.8. The Kier molecular flexibility index (Phi) is 6.75. The summed E-state index contributed by atoms with van der Waals surface area (Å²) in [6.45, 7) is 2.63. The zero-order chi connectivity index (χ0) is 21.1. The maximum absolute atomic E-state index is 12.6. The summed E-state index contributed by atoms with van der Waals surface area (Å²) in [5.41, 5.74) is 1.08. The molecule has 7 nitrogen and oxygen atoms in total. The lowest BCUT2D eigenvalue weighted by Crippen LogP contribution is -2.25. The van der Waals surface area contributed by atoms with Crippen molar-refractivity contribution in [3.8, 4) is 5.75 Å². The van der Waals surface area contributed by atoms with E-state index in [9.17, 15) is 9.90 Å². The number of halogens is 1. The lowest BCUT2D eigenvalue weighted by molar-refractivity contribution is -0.0398. The van der Waals surface area contributed by atoms with Crippen LogP contribution in [0, 0.1) is 0 Å². The summed E-state index contributed by atoms with van der Waals surface area (Å²) in [4.78, 5) is 12.6. The fourth-order valence-corrected chi connectivity index (χ4v) is 4.10. The first-order valence-corrected chi connectivity index (χ1v) is 11.4. The Morgan fingerprint density at radius 1 is 1.30 bits per heavy atom. The highest BCUT2D eigenvalue weighted by Gasteiger charge is 2.30. The number of carbonyl (C=O) groups is 1. The van der Waals surface area contributed by atoms with Crippen molar-refractivity contribution >= 4 is 21.9 Å². The van der Waals surface area contributed by atoms with Crippen molar-refractivity contribution < 1.29 is 24.1 Å². The molecule has 0 bridgehead atoms. The van der Waals surface area contributed by atoms with E-state index in [0.717, 1.165) is 43.0 Å². The summed E-state index contributed by atoms with van der Waals surface area (Å²) >= 11 is 3.48. The average Bonchev–Trinajstić information content (AvgIpc) is 3.17. The second kappa shape index (κ2) is 9.49. The van der Waals surface area contributed by atoms with Gasteiger partial charge in [0.1, 0.15) is 18.1 Å². The van der Waals surface area contributed by atoms with Crippen molar-refractivity contribution in [3.05, 3.63) is 45.7 Å². The van der Waals surface area contributed by atoms with Crippen molar-refractivity contribution in [3.63, 3.8) is 0 Å². The first kappa shape index (κ1) is 21.3. The largest absolute Gasteiger partial charge is 0.490 e. The van der Waals surface area contributed by atoms with Crippen LogP contribution in [0.3, 0.4) is 0 Å². The number of hydrogen-bond donors (Lipinski definition) is 1. The first-order chi connectivity index (χ1) is 14.6. The molecule has 1 saturated heterocycles. The van der Waals surface area contributed by atoms with Crippen LogP contribution in [0.1, 0.15) is 79.4 Å². The Balaban J connectivity index is 1.70. The van der Waals surface area contributed by atoms with E-state index in [-0.39, 0.29) is 24.6 Å². The molecular weight excluding hydrogens is 452 g/mol. The van der Waals surface area contributed by atoms with Crippen LogP contribution in [-0.4, -0.2) is 40.2 Å². The van der Waals surface area contributed by atoms with Crippen molar-refractivity contribution in [2.75, 3.05) is 13.2 Å². The third-order valence-electron chi connectivity index (χ3n) is 5.59. The monoisotopic (exact) mass is 478 g/mol. The van der Waals surface area contributed by atoms with E-state index in [1.54, 1.807) is 17.8 Å². The van der Waals surface area contributed by atoms with Gasteiger partial charge < -0.3 is 19.3 Å². The van der Waals surface area contributed by atoms with Crippen LogP contribution in [0.25, 0.3) is 0 Å². The number of aliphatic hydroxyl groups excluding tert-OH is 1. The predicted molar refractivity (Wildman–Crippen MR) is 113 cm³/mol. The van der Waals surface area contributed by atoms with Gasteiger partial charge in [-0.05, 0) is 63.6 Å². The highest BCUT2D eigenvalue weighted by atomic mass is 79.9. The van der Waals surface area contributed by atoms with Crippen molar-refractivity contribution in [1.82, 2.24) is 9.78 Å². The second-order valence-electron chi connectivity index (χ2n) is 7.71. The van der Waals surface area contributed by atoms with Crippen LogP contribution in [-0.2, 0) is 9.47 Å². The van der Waals surface area contributed by atoms with E-state index in [1.165, 1.54) is 0 Å². The minimum Gasteiger partial charge on any atom is -0.490 e. The van der Waals surface area contributed by atoms with Gasteiger partial charge in [-0.3, -0.25) is 0 Å². The van der Waals surface area contributed by atoms with Crippen LogP contribution in [0.5, 0.6) is 5.75 Å². The lowest BCUT2D eigenvalue weighted by Gasteiger charge is -2.28. The molecule has 1 N–H and O–H groups in total. The molecule has 2 atom stereocenters. The minimum atomic E-state index is -1.09. The molecule has 1 aliphatic carbocycles. The third-order valence-corrected chi connectivity index (χ3v) is 6.08. The number of ether oxygens (including phenoxy) is 3. The standard InChI is InChI=1S/C22H27BrN2O5/c1-2-28-22(27)20-17(13-25(24-20)19-8-3-4-11-29-19)21(26)16-12-14(23)9-10-18(16)30-15-6-5-7-15/h9-10,12-13,15,19,21,26H,2-8,11H2,1H3. The van der Waals surface area contributed by atoms with E-state index in [2.05, 4.69) is 21.0 Å². The SMILES string of the molecule is CCOC(=O)c1nn(C2CCCCO2)cc1C(O)c1cc(Br)ccc1OC1CCC1. The molecule has 1 aliphatic heterocycles. The molecule has 8 heteroatoms. The summed E-state index contributed by atoms with van der Waals surface area (Å²) < 4.78 is 19.6. The summed E-state index contributed by atoms with van der Waals surface area (Å²) in [6.07, 6.45) is 6.55. The number of carbonyl (C=O) groups excluding carboxylic acids is 1. The van der Waals surface area contributed by atoms with Gasteiger partial charge in [-0.1, -0.05) is 15.9 Å². The number of benzene rings is 1. The zero-order valence-electron chi connectivity index (χ0n) is 17.1. The topological polar surface area (TPSA) is 82.8 Å². The molecule has 1 saturated carbocycles. The van der Waals surface area contributed by atoms with Gasteiger partial charge in [0.2, 0.25) is 0 Å². The molecule has 0 radical (unpaired) electrons. The highest BCUT2D eigenvalue weighted by molar-refractivity contribution is 9.10. The van der Waals surface area contributed by atoms with Gasteiger partial charge in [-0.2, -0.15) is 5.10 Å². The molecule has 2 unspecified atom stereocenters. The Morgan fingerprint density at radius 2 is 2.13 bits per heavy atom. The maximum Gasteiger partial charge on any atom is 0.359 e. The van der Waals surface area contributed by atoms with Gasteiger partial charge in [0.25, 0.3) is 0 Å². The minimum absolute atomic E-state index is 0.105. The molecule has 2 aromatic rings. The van der Waals surface area contributed by atoms with Gasteiger partial charge in [0.15, 0.2) is 5.69 Å². The van der Waals surface area contributed by atoms with Crippen LogP contribution in [0.15, 0.2) is 28.9 Å². The lowest BCUT2D eigenvalue weighted by atomic mass is 9.95. The second-order valence-corrected chi connectivity index (χ2v) is 8.63. The van der Waals surface area contributed by atoms with Crippen LogP contribution >= 0.6 is 15.9 Å². The molecule has 162 valence electrons. The van der Waals surface area contributed by atoms with Crippen molar-refractivity contribution in [1.29, 1.82) is 0 Å². The zero-order valence-corrected chi connectivity index (χ0v) is 18.6. The summed E-state index contributed by atoms with van der Waals surface area (Å²) in [7, 11) is 0. The number of nitrogens with zero attached hydrogens (tertiary/aromatic N) is 2. The molecule has 2 heterocycles. The van der Waals surface area contributed by atoms with Gasteiger partial charge in [-0.15, -0.1) is 0 Å². The number of aliphatic hydroxyl groups is 1. The van der Waals surface area contributed by atoms with E-state index in [0.29, 0.717) is 23.5 Å². The average molecular weight is 479 g/mol. The molecule has 1 aromatic carbocycles. The van der Waals surface area contributed by atoms with E-state index < -0.39 is 12.1 Å². The predicted octanol–water partition coefficient (Wildman–Crippen LogP) is 4.53. The molecular formula is C22H27BrN2O5. The smallest absolute Gasteiger partial charge is 0.359 e. The normalized spacial score (nSPS) is 20.4. The quantitative estimate of drug-likeness (QED) is 0.588. The fourth-order valence-electron chi connectivity index (χ4n) is 3.72. The van der Waals surface area contributed by atoms with Crippen LogP contribution in [0.4, 0.5) is 0 Å². The Hall–Kier alpha value is -1.90. The Bertz CT molecular complexity index is 890. The van der Waals surface area contributed by atoms with Gasteiger partial charge in [0.05, 0.1) is 12.7 Å². The van der Waals surface area contributed by atoms with E-state index in [1.807, 2.05) is 18.2 Å². The van der Waals surface area contributed by atoms with E-state index in [4.69, 9.17) is 14.2 Å². The third kappa shape index (κ3) is 4.55. The first-order valence-electron chi connectivity index (χ1n) is 10.6. The molecule has 2 aliphatic rings. The molecule has 0 amide bonds. The Labute approximate surface area is 184 Å². The van der Waals surface area contributed by atoms with Crippen LogP contribution in [0.2, 0.25) is 0 Å². The molecule has 30 heavy (non-hydrogen) atoms. The van der Waals surface area contributed by atoms with E-state index >= 15 is 0 Å². The van der Waals surface area contributed by atoms with Gasteiger partial charge in [-0.25, -0.2) is 9.48 Å². The van der Waals surface area contributed by atoms with Crippen molar-refractivity contribution in [2.45, 2.75) is 63.9 Å². The van der Waals surface area contributed by atoms with Crippen LogP contribution < -0.4 is 4.74 Å². The van der Waals surface area contributed by atoms with Gasteiger partial charge >= 0.3 is 5.97 Å². The fraction of sp³-hybridized carbons (Fsp3) is 0.545. The maximum atomic E-state index is 12.6. The van der Waals surface area contributed by atoms with Crippen molar-refractivity contribution in [2.24, 2.45) is 0 Å². The highest BCUT2D eigenvalue weighted by Crippen LogP contribution is 2.37.